The van der Waals surface area contributed by atoms with Crippen LogP contribution in [0.3, 0.4) is 0 Å². The minimum atomic E-state index is -1.87. The first-order valence-corrected chi connectivity index (χ1v) is 16.7. The predicted molar refractivity (Wildman–Crippen MR) is 179 cm³/mol. The Kier molecular flexibility index (Phi) is 6.85. The van der Waals surface area contributed by atoms with Crippen molar-refractivity contribution in [3.05, 3.63) is 146 Å². The average Bonchev–Trinajstić information content (AvgIpc) is 3.71. The Bertz CT molecular complexity index is 2320. The van der Waals surface area contributed by atoms with E-state index in [2.05, 4.69) is 10.2 Å². The molecule has 4 heterocycles. The van der Waals surface area contributed by atoms with Crippen LogP contribution >= 0.6 is 23.1 Å². The molecule has 11 heteroatoms. The number of aryl methyl sites for hydroxylation is 2. The summed E-state index contributed by atoms with van der Waals surface area (Å²) >= 11 is 2.52. The summed E-state index contributed by atoms with van der Waals surface area (Å²) in [6.45, 7) is 4.08. The first-order valence-electron chi connectivity index (χ1n) is 14.9. The van der Waals surface area contributed by atoms with Gasteiger partial charge in [-0.2, -0.15) is 0 Å². The highest BCUT2D eigenvalue weighted by molar-refractivity contribution is 8.00. The third-order valence-corrected chi connectivity index (χ3v) is 10.8. The summed E-state index contributed by atoms with van der Waals surface area (Å²) < 4.78 is 20.2. The van der Waals surface area contributed by atoms with Crippen molar-refractivity contribution >= 4 is 56.7 Å². The molecule has 8 nitrogen and oxygen atoms in total. The summed E-state index contributed by atoms with van der Waals surface area (Å²) in [7, 11) is 0. The van der Waals surface area contributed by atoms with Crippen molar-refractivity contribution in [3.63, 3.8) is 0 Å². The van der Waals surface area contributed by atoms with E-state index in [9.17, 15) is 14.0 Å². The summed E-state index contributed by atoms with van der Waals surface area (Å²) in [5.74, 6) is -1.12. The molecule has 2 aliphatic heterocycles. The van der Waals surface area contributed by atoms with Gasteiger partial charge in [-0.1, -0.05) is 89.3 Å². The molecule has 1 unspecified atom stereocenters. The van der Waals surface area contributed by atoms with Crippen molar-refractivity contribution in [3.8, 4) is 0 Å². The maximum Gasteiger partial charge on any atom is 0.297 e. The lowest BCUT2D eigenvalue weighted by Gasteiger charge is -2.32. The molecule has 232 valence electrons. The second kappa shape index (κ2) is 11.0. The van der Waals surface area contributed by atoms with E-state index in [-0.39, 0.29) is 39.8 Å². The fourth-order valence-corrected chi connectivity index (χ4v) is 8.32. The van der Waals surface area contributed by atoms with Gasteiger partial charge in [0.1, 0.15) is 11.4 Å². The normalized spacial score (nSPS) is 16.8. The number of aromatic nitrogens is 2. The Morgan fingerprint density at radius 2 is 1.68 bits per heavy atom. The van der Waals surface area contributed by atoms with Gasteiger partial charge >= 0.3 is 0 Å². The van der Waals surface area contributed by atoms with Crippen LogP contribution in [0.4, 0.5) is 15.2 Å². The Balaban J connectivity index is 1.32. The lowest BCUT2D eigenvalue weighted by molar-refractivity contribution is -0.121. The van der Waals surface area contributed by atoms with Gasteiger partial charge in [-0.15, -0.1) is 10.2 Å². The summed E-state index contributed by atoms with van der Waals surface area (Å²) in [6.07, 6.45) is 0. The van der Waals surface area contributed by atoms with E-state index in [4.69, 9.17) is 4.42 Å². The fraction of sp³-hybridized carbons (Fsp3) is 0.139. The van der Waals surface area contributed by atoms with E-state index in [1.165, 1.54) is 28.8 Å². The molecule has 0 aliphatic carbocycles. The maximum absolute atomic E-state index is 15.2. The van der Waals surface area contributed by atoms with Crippen LogP contribution in [0.15, 0.2) is 105 Å². The number of rotatable bonds is 6. The molecule has 2 amide bonds. The van der Waals surface area contributed by atoms with Crippen molar-refractivity contribution in [1.29, 1.82) is 0 Å². The Morgan fingerprint density at radius 3 is 2.49 bits per heavy atom. The van der Waals surface area contributed by atoms with Crippen LogP contribution in [0.25, 0.3) is 11.0 Å². The molecule has 0 saturated heterocycles. The highest BCUT2D eigenvalue weighted by Gasteiger charge is 2.66. The zero-order valence-corrected chi connectivity index (χ0v) is 26.8. The van der Waals surface area contributed by atoms with Gasteiger partial charge in [0.2, 0.25) is 10.9 Å². The molecule has 0 saturated carbocycles. The van der Waals surface area contributed by atoms with E-state index >= 15 is 4.79 Å². The number of nitrogens with zero attached hydrogens (tertiary/aromatic N) is 4. The van der Waals surface area contributed by atoms with Gasteiger partial charge in [-0.05, 0) is 60.9 Å². The zero-order valence-electron chi connectivity index (χ0n) is 25.2. The van der Waals surface area contributed by atoms with Gasteiger partial charge in [0.15, 0.2) is 15.3 Å². The van der Waals surface area contributed by atoms with Gasteiger partial charge in [0.05, 0.1) is 23.2 Å². The van der Waals surface area contributed by atoms with Crippen molar-refractivity contribution in [2.24, 2.45) is 0 Å². The first-order chi connectivity index (χ1) is 22.8. The SMILES string of the molecule is Cc1ccc2oc3c(c(=O)c2c1)C1(C(=O)N(Cc2ccccc2C)c2ccccc21)N(c1nnc(SCc2ccc(F)cc2)s1)C3=O. The highest BCUT2D eigenvalue weighted by Crippen LogP contribution is 2.55. The van der Waals surface area contributed by atoms with Crippen LogP contribution < -0.4 is 15.2 Å². The van der Waals surface area contributed by atoms with Crippen molar-refractivity contribution in [2.45, 2.75) is 36.0 Å². The van der Waals surface area contributed by atoms with Crippen LogP contribution in [-0.4, -0.2) is 22.0 Å². The fourth-order valence-electron chi connectivity index (χ4n) is 6.47. The number of fused-ring (bicyclic) bond motifs is 5. The lowest BCUT2D eigenvalue weighted by atomic mass is 9.84. The van der Waals surface area contributed by atoms with Crippen molar-refractivity contribution in [1.82, 2.24) is 10.2 Å². The Morgan fingerprint density at radius 1 is 0.915 bits per heavy atom. The molecule has 0 N–H and O–H groups in total. The van der Waals surface area contributed by atoms with Crippen molar-refractivity contribution in [2.75, 3.05) is 9.80 Å². The first kappa shape index (κ1) is 29.3. The highest BCUT2D eigenvalue weighted by atomic mass is 32.2. The number of para-hydroxylation sites is 1. The van der Waals surface area contributed by atoms with E-state index < -0.39 is 22.8 Å². The molecule has 8 rings (SSSR count). The second-order valence-corrected chi connectivity index (χ2v) is 13.8. The number of hydrogen-bond acceptors (Lipinski definition) is 8. The van der Waals surface area contributed by atoms with Crippen LogP contribution in [0.5, 0.6) is 0 Å². The molecule has 2 aromatic heterocycles. The quantitative estimate of drug-likeness (QED) is 0.138. The van der Waals surface area contributed by atoms with Gasteiger partial charge in [0.25, 0.3) is 11.8 Å². The molecular formula is C36H25FN4O4S2. The zero-order chi connectivity index (χ0) is 32.4. The number of carbonyl (C=O) groups excluding carboxylic acids is 2. The number of benzene rings is 4. The molecule has 0 bridgehead atoms. The van der Waals surface area contributed by atoms with Gasteiger partial charge in [0, 0.05) is 11.3 Å². The van der Waals surface area contributed by atoms with Gasteiger partial charge in [-0.25, -0.2) is 4.39 Å². The van der Waals surface area contributed by atoms with Crippen LogP contribution in [0.2, 0.25) is 0 Å². The summed E-state index contributed by atoms with van der Waals surface area (Å²) in [6, 6.07) is 26.4. The summed E-state index contributed by atoms with van der Waals surface area (Å²) in [5, 5.41) is 9.18. The largest absolute Gasteiger partial charge is 0.450 e. The minimum Gasteiger partial charge on any atom is -0.450 e. The molecule has 4 aromatic carbocycles. The van der Waals surface area contributed by atoms with Gasteiger partial charge in [-0.3, -0.25) is 19.3 Å². The third-order valence-electron chi connectivity index (χ3n) is 8.73. The molecule has 0 fully saturated rings. The average molecular weight is 661 g/mol. The number of halogens is 1. The number of hydrogen-bond donors (Lipinski definition) is 0. The van der Waals surface area contributed by atoms with E-state index in [0.29, 0.717) is 21.3 Å². The summed E-state index contributed by atoms with van der Waals surface area (Å²) in [4.78, 5) is 47.2. The van der Waals surface area contributed by atoms with Crippen LogP contribution in [-0.2, 0) is 22.6 Å². The summed E-state index contributed by atoms with van der Waals surface area (Å²) in [5.41, 5.74) is 2.65. The molecule has 1 spiro atoms. The molecule has 1 atom stereocenters. The standard InChI is InChI=1S/C36H25FN4O4S2/c1-20-11-16-28-25(17-20)30(42)29-31(45-28)32(43)41(34-38-39-35(47-34)46-19-22-12-14-24(37)15-13-22)36(29)26-9-5-6-10-27(26)40(33(36)44)18-23-8-4-3-7-21(23)2/h3-17H,18-19H2,1-2H3. The number of carbonyl (C=O) groups is 2. The smallest absolute Gasteiger partial charge is 0.297 e. The van der Waals surface area contributed by atoms with E-state index in [1.54, 1.807) is 47.4 Å². The minimum absolute atomic E-state index is 0.0268. The van der Waals surface area contributed by atoms with Gasteiger partial charge < -0.3 is 9.32 Å². The Labute approximate surface area is 276 Å². The lowest BCUT2D eigenvalue weighted by Crippen LogP contribution is -2.53. The number of amides is 2. The topological polar surface area (TPSA) is 96.6 Å². The molecule has 0 radical (unpaired) electrons. The van der Waals surface area contributed by atoms with Crippen LogP contribution in [0.1, 0.15) is 43.9 Å². The number of anilines is 2. The molecule has 47 heavy (non-hydrogen) atoms. The third kappa shape index (κ3) is 4.44. The second-order valence-electron chi connectivity index (χ2n) is 11.6. The van der Waals surface area contributed by atoms with Crippen LogP contribution in [0, 0.1) is 19.7 Å². The maximum atomic E-state index is 15.2. The van der Waals surface area contributed by atoms with E-state index in [1.807, 2.05) is 50.2 Å². The van der Waals surface area contributed by atoms with Crippen molar-refractivity contribution < 1.29 is 18.4 Å². The molecule has 2 aliphatic rings. The monoisotopic (exact) mass is 660 g/mol. The van der Waals surface area contributed by atoms with E-state index in [0.717, 1.165) is 33.6 Å². The Hall–Kier alpha value is -5.13. The molecule has 6 aromatic rings. The number of thioether (sulfide) groups is 1. The predicted octanol–water partition coefficient (Wildman–Crippen LogP) is 7.14. The molecular weight excluding hydrogens is 636 g/mol.